The average Bonchev–Trinajstić information content (AvgIpc) is 2.59. The molecule has 0 aliphatic carbocycles. The third-order valence-corrected chi connectivity index (χ3v) is 5.47. The summed E-state index contributed by atoms with van der Waals surface area (Å²) >= 11 is 0. The van der Waals surface area contributed by atoms with Gasteiger partial charge >= 0.3 is 0 Å². The van der Waals surface area contributed by atoms with Crippen LogP contribution in [0.15, 0.2) is 47.6 Å². The van der Waals surface area contributed by atoms with Crippen LogP contribution in [0.5, 0.6) is 0 Å². The van der Waals surface area contributed by atoms with Gasteiger partial charge < -0.3 is 0 Å². The van der Waals surface area contributed by atoms with Gasteiger partial charge in [0.1, 0.15) is 23.5 Å². The van der Waals surface area contributed by atoms with Gasteiger partial charge in [0.05, 0.1) is 5.56 Å². The van der Waals surface area contributed by atoms with Gasteiger partial charge in [0.15, 0.2) is 0 Å². The molecule has 1 atom stereocenters. The molecule has 0 fully saturated rings. The molecule has 8 heteroatoms. The molecule has 0 saturated heterocycles. The first kappa shape index (κ1) is 18.0. The van der Waals surface area contributed by atoms with Crippen LogP contribution in [0.4, 0.5) is 8.78 Å². The fourth-order valence-electron chi connectivity index (χ4n) is 2.27. The van der Waals surface area contributed by atoms with E-state index in [1.807, 2.05) is 6.07 Å². The number of rotatable bonds is 6. The molecule has 0 unspecified atom stereocenters. The second-order valence-corrected chi connectivity index (χ2v) is 6.94. The molecule has 0 aliphatic heterocycles. The van der Waals surface area contributed by atoms with Crippen molar-refractivity contribution in [2.24, 2.45) is 0 Å². The smallest absolute Gasteiger partial charge is 0.245 e. The molecule has 24 heavy (non-hydrogen) atoms. The Hall–Kier alpha value is -2.37. The zero-order valence-electron chi connectivity index (χ0n) is 12.9. The minimum Gasteiger partial charge on any atom is -0.262 e. The molecule has 5 nitrogen and oxygen atoms in total. The third kappa shape index (κ3) is 3.75. The minimum absolute atomic E-state index is 0.0886. The Bertz CT molecular complexity index is 848. The number of nitriles is 1. The monoisotopic (exact) mass is 351 g/mol. The molecular formula is C16H15F2N3O2S. The second kappa shape index (κ2) is 7.47. The highest BCUT2D eigenvalue weighted by atomic mass is 32.2. The first-order chi connectivity index (χ1) is 11.4. The lowest BCUT2D eigenvalue weighted by Crippen LogP contribution is -2.35. The number of pyridine rings is 1. The highest BCUT2D eigenvalue weighted by molar-refractivity contribution is 7.89. The van der Waals surface area contributed by atoms with E-state index in [0.717, 1.165) is 10.5 Å². The molecule has 0 bridgehead atoms. The van der Waals surface area contributed by atoms with Gasteiger partial charge in [-0.25, -0.2) is 17.2 Å². The number of aromatic nitrogens is 1. The number of alkyl halides is 1. The van der Waals surface area contributed by atoms with Crippen LogP contribution in [-0.4, -0.2) is 30.9 Å². The van der Waals surface area contributed by atoms with Gasteiger partial charge in [0.25, 0.3) is 0 Å². The average molecular weight is 351 g/mol. The Morgan fingerprint density at radius 2 is 1.96 bits per heavy atom. The zero-order chi connectivity index (χ0) is 17.7. The van der Waals surface area contributed by atoms with E-state index in [2.05, 4.69) is 4.98 Å². The number of hydrogen-bond donors (Lipinski definition) is 0. The van der Waals surface area contributed by atoms with Crippen LogP contribution in [0.2, 0.25) is 0 Å². The number of nitrogens with zero attached hydrogens (tertiary/aromatic N) is 3. The lowest BCUT2D eigenvalue weighted by Gasteiger charge is -2.27. The molecule has 0 aliphatic rings. The van der Waals surface area contributed by atoms with E-state index in [0.29, 0.717) is 5.56 Å². The van der Waals surface area contributed by atoms with Crippen molar-refractivity contribution in [1.82, 2.24) is 9.29 Å². The molecule has 2 aromatic rings. The van der Waals surface area contributed by atoms with Gasteiger partial charge in [-0.3, -0.25) is 4.98 Å². The van der Waals surface area contributed by atoms with Crippen LogP contribution in [-0.2, 0) is 10.0 Å². The molecule has 126 valence electrons. The number of halogens is 2. The standard InChI is InChI=1S/C16H15F2N3O2S/c1-12(14-2-4-15(18)5-3-14)21(7-6-17)24(22,23)16-8-13(9-19)10-20-11-16/h2-5,8,10-12H,6-7H2,1H3/t12-/m1/s1. The lowest BCUT2D eigenvalue weighted by molar-refractivity contribution is 0.306. The molecule has 0 radical (unpaired) electrons. The Morgan fingerprint density at radius 3 is 2.54 bits per heavy atom. The normalized spacial score (nSPS) is 12.8. The summed E-state index contributed by atoms with van der Waals surface area (Å²) in [6, 6.07) is 7.61. The maximum absolute atomic E-state index is 13.1. The fourth-order valence-corrected chi connectivity index (χ4v) is 3.86. The van der Waals surface area contributed by atoms with Crippen molar-refractivity contribution in [2.45, 2.75) is 17.9 Å². The van der Waals surface area contributed by atoms with Crippen molar-refractivity contribution in [3.8, 4) is 6.07 Å². The van der Waals surface area contributed by atoms with Gasteiger partial charge in [-0.1, -0.05) is 12.1 Å². The summed E-state index contributed by atoms with van der Waals surface area (Å²) < 4.78 is 52.6. The van der Waals surface area contributed by atoms with Crippen LogP contribution in [0.3, 0.4) is 0 Å². The summed E-state index contributed by atoms with van der Waals surface area (Å²) in [5.41, 5.74) is 0.614. The molecule has 0 amide bonds. The maximum Gasteiger partial charge on any atom is 0.245 e. The largest absolute Gasteiger partial charge is 0.262 e. The predicted molar refractivity (Wildman–Crippen MR) is 83.6 cm³/mol. The molecule has 1 heterocycles. The zero-order valence-corrected chi connectivity index (χ0v) is 13.7. The van der Waals surface area contributed by atoms with Crippen LogP contribution in [0.25, 0.3) is 0 Å². The van der Waals surface area contributed by atoms with Gasteiger partial charge in [0.2, 0.25) is 10.0 Å². The summed E-state index contributed by atoms with van der Waals surface area (Å²) in [6.07, 6.45) is 2.35. The van der Waals surface area contributed by atoms with Gasteiger partial charge in [-0.05, 0) is 30.7 Å². The first-order valence-electron chi connectivity index (χ1n) is 7.08. The van der Waals surface area contributed by atoms with Gasteiger partial charge in [0, 0.05) is 25.0 Å². The molecule has 1 aromatic heterocycles. The molecule has 0 N–H and O–H groups in total. The lowest BCUT2D eigenvalue weighted by atomic mass is 10.1. The summed E-state index contributed by atoms with van der Waals surface area (Å²) in [6.45, 7) is 0.343. The van der Waals surface area contributed by atoms with Gasteiger partial charge in [-0.15, -0.1) is 0 Å². The van der Waals surface area contributed by atoms with E-state index in [4.69, 9.17) is 5.26 Å². The summed E-state index contributed by atoms with van der Waals surface area (Å²) in [5, 5.41) is 8.89. The Kier molecular flexibility index (Phi) is 5.59. The molecule has 0 saturated carbocycles. The molecule has 2 rings (SSSR count). The van der Waals surface area contributed by atoms with Crippen LogP contribution in [0.1, 0.15) is 24.1 Å². The van der Waals surface area contributed by atoms with Crippen molar-refractivity contribution in [1.29, 1.82) is 5.26 Å². The van der Waals surface area contributed by atoms with E-state index in [1.54, 1.807) is 6.92 Å². The third-order valence-electron chi connectivity index (χ3n) is 3.54. The van der Waals surface area contributed by atoms with Crippen molar-refractivity contribution in [3.63, 3.8) is 0 Å². The highest BCUT2D eigenvalue weighted by Crippen LogP contribution is 2.27. The van der Waals surface area contributed by atoms with E-state index in [9.17, 15) is 17.2 Å². The van der Waals surface area contributed by atoms with Crippen molar-refractivity contribution >= 4 is 10.0 Å². The van der Waals surface area contributed by atoms with Crippen LogP contribution in [0, 0.1) is 17.1 Å². The quantitative estimate of drug-likeness (QED) is 0.802. The molecular weight excluding hydrogens is 336 g/mol. The summed E-state index contributed by atoms with van der Waals surface area (Å²) in [4.78, 5) is 3.55. The highest BCUT2D eigenvalue weighted by Gasteiger charge is 2.30. The van der Waals surface area contributed by atoms with Gasteiger partial charge in [-0.2, -0.15) is 9.57 Å². The summed E-state index contributed by atoms with van der Waals surface area (Å²) in [7, 11) is -4.07. The molecule has 1 aromatic carbocycles. The van der Waals surface area contributed by atoms with E-state index >= 15 is 0 Å². The van der Waals surface area contributed by atoms with Crippen LogP contribution >= 0.6 is 0 Å². The fraction of sp³-hybridized carbons (Fsp3) is 0.250. The maximum atomic E-state index is 13.1. The second-order valence-electron chi connectivity index (χ2n) is 5.05. The number of hydrogen-bond acceptors (Lipinski definition) is 4. The van der Waals surface area contributed by atoms with Crippen molar-refractivity contribution in [3.05, 3.63) is 59.7 Å². The topological polar surface area (TPSA) is 74.1 Å². The van der Waals surface area contributed by atoms with Crippen molar-refractivity contribution in [2.75, 3.05) is 13.2 Å². The van der Waals surface area contributed by atoms with E-state index in [1.165, 1.54) is 36.5 Å². The first-order valence-corrected chi connectivity index (χ1v) is 8.52. The van der Waals surface area contributed by atoms with E-state index in [-0.39, 0.29) is 17.0 Å². The SMILES string of the molecule is C[C@H](c1ccc(F)cc1)N(CCF)S(=O)(=O)c1cncc(C#N)c1. The molecule has 0 spiro atoms. The summed E-state index contributed by atoms with van der Waals surface area (Å²) in [5.74, 6) is -0.447. The Balaban J connectivity index is 2.44. The number of sulfonamides is 1. The predicted octanol–water partition coefficient (Wildman–Crippen LogP) is 2.81. The number of benzene rings is 1. The van der Waals surface area contributed by atoms with Crippen LogP contribution < -0.4 is 0 Å². The van der Waals surface area contributed by atoms with E-state index < -0.39 is 28.6 Å². The Morgan fingerprint density at radius 1 is 1.29 bits per heavy atom. The van der Waals surface area contributed by atoms with Crippen molar-refractivity contribution < 1.29 is 17.2 Å². The minimum atomic E-state index is -4.07. The Labute approximate surface area is 139 Å².